The van der Waals surface area contributed by atoms with Crippen LogP contribution in [0, 0.1) is 12.8 Å². The smallest absolute Gasteiger partial charge is 0.230 e. The summed E-state index contributed by atoms with van der Waals surface area (Å²) in [5, 5.41) is 5.30. The second-order valence-electron chi connectivity index (χ2n) is 7.12. The van der Waals surface area contributed by atoms with Gasteiger partial charge in [-0.05, 0) is 42.7 Å². The SMILES string of the molecule is Cc1ccsc1CN1Cc2ncn(C)c2[C@@H](C(=O)NCC2CC2)C1. The summed E-state index contributed by atoms with van der Waals surface area (Å²) in [4.78, 5) is 21.1. The first-order valence-corrected chi connectivity index (χ1v) is 9.53. The van der Waals surface area contributed by atoms with Crippen LogP contribution in [0.4, 0.5) is 0 Å². The molecular formula is C18H24N4OS. The fraction of sp³-hybridized carbons (Fsp3) is 0.556. The molecule has 1 N–H and O–H groups in total. The van der Waals surface area contributed by atoms with E-state index in [1.807, 2.05) is 17.9 Å². The number of nitrogens with zero attached hydrogens (tertiary/aromatic N) is 3. The highest BCUT2D eigenvalue weighted by atomic mass is 32.1. The van der Waals surface area contributed by atoms with Gasteiger partial charge >= 0.3 is 0 Å². The summed E-state index contributed by atoms with van der Waals surface area (Å²) in [6.45, 7) is 5.46. The van der Waals surface area contributed by atoms with Gasteiger partial charge in [0, 0.05) is 38.1 Å². The predicted molar refractivity (Wildman–Crippen MR) is 94.9 cm³/mol. The number of carbonyl (C=O) groups excluding carboxylic acids is 1. The summed E-state index contributed by atoms with van der Waals surface area (Å²) < 4.78 is 2.02. The van der Waals surface area contributed by atoms with Gasteiger partial charge in [0.05, 0.1) is 23.6 Å². The second kappa shape index (κ2) is 6.33. The lowest BCUT2D eigenvalue weighted by Crippen LogP contribution is -2.42. The summed E-state index contributed by atoms with van der Waals surface area (Å²) in [6.07, 6.45) is 4.35. The van der Waals surface area contributed by atoms with E-state index in [-0.39, 0.29) is 11.8 Å². The summed E-state index contributed by atoms with van der Waals surface area (Å²) >= 11 is 1.79. The Bertz CT molecular complexity index is 746. The molecule has 4 rings (SSSR count). The Hall–Kier alpha value is -1.66. The number of fused-ring (bicyclic) bond motifs is 1. The average Bonchev–Trinajstić information content (AvgIpc) is 3.22. The first kappa shape index (κ1) is 15.8. The number of hydrogen-bond acceptors (Lipinski definition) is 4. The number of amides is 1. The molecule has 1 fully saturated rings. The van der Waals surface area contributed by atoms with Gasteiger partial charge in [0.25, 0.3) is 0 Å². The van der Waals surface area contributed by atoms with Crippen LogP contribution >= 0.6 is 11.3 Å². The highest BCUT2D eigenvalue weighted by Crippen LogP contribution is 2.31. The molecule has 0 spiro atoms. The van der Waals surface area contributed by atoms with Crippen LogP contribution in [-0.4, -0.2) is 33.4 Å². The van der Waals surface area contributed by atoms with Crippen LogP contribution in [0.25, 0.3) is 0 Å². The van der Waals surface area contributed by atoms with Crippen molar-refractivity contribution < 1.29 is 4.79 Å². The van der Waals surface area contributed by atoms with Gasteiger partial charge in [-0.3, -0.25) is 9.69 Å². The average molecular weight is 344 g/mol. The highest BCUT2D eigenvalue weighted by molar-refractivity contribution is 7.10. The lowest BCUT2D eigenvalue weighted by atomic mass is 9.97. The summed E-state index contributed by atoms with van der Waals surface area (Å²) in [5.41, 5.74) is 3.47. The standard InChI is InChI=1S/C18H24N4OS/c1-12-5-6-24-16(12)10-22-8-14(18(23)19-7-13-3-4-13)17-15(9-22)20-11-21(17)2/h5-6,11,13-14H,3-4,7-10H2,1-2H3,(H,19,23)/t14-/m0/s1. The Balaban J connectivity index is 1.53. The Labute approximate surface area is 146 Å². The predicted octanol–water partition coefficient (Wildman–Crippen LogP) is 2.42. The molecule has 3 heterocycles. The van der Waals surface area contributed by atoms with E-state index in [4.69, 9.17) is 0 Å². The molecule has 0 unspecified atom stereocenters. The maximum absolute atomic E-state index is 12.8. The molecular weight excluding hydrogens is 320 g/mol. The zero-order chi connectivity index (χ0) is 16.7. The normalized spacial score (nSPS) is 20.8. The van der Waals surface area contributed by atoms with Gasteiger partial charge in [0.2, 0.25) is 5.91 Å². The number of imidazole rings is 1. The molecule has 1 atom stereocenters. The summed E-state index contributed by atoms with van der Waals surface area (Å²) in [7, 11) is 1.99. The van der Waals surface area contributed by atoms with E-state index >= 15 is 0 Å². The fourth-order valence-corrected chi connectivity index (χ4v) is 4.41. The Morgan fingerprint density at radius 1 is 1.46 bits per heavy atom. The summed E-state index contributed by atoms with van der Waals surface area (Å²) in [5.74, 6) is 0.730. The number of nitrogens with one attached hydrogen (secondary N) is 1. The molecule has 24 heavy (non-hydrogen) atoms. The molecule has 0 radical (unpaired) electrons. The van der Waals surface area contributed by atoms with E-state index in [1.165, 1.54) is 23.3 Å². The van der Waals surface area contributed by atoms with E-state index in [2.05, 4.69) is 33.6 Å². The third-order valence-corrected chi connectivity index (χ3v) is 6.13. The van der Waals surface area contributed by atoms with Crippen molar-refractivity contribution in [2.45, 2.75) is 38.8 Å². The number of rotatable bonds is 5. The molecule has 1 aliphatic carbocycles. The van der Waals surface area contributed by atoms with Crippen molar-refractivity contribution in [3.8, 4) is 0 Å². The molecule has 0 bridgehead atoms. The van der Waals surface area contributed by atoms with E-state index in [0.29, 0.717) is 5.92 Å². The third-order valence-electron chi connectivity index (χ3n) is 5.12. The van der Waals surface area contributed by atoms with E-state index in [0.717, 1.165) is 37.6 Å². The zero-order valence-electron chi connectivity index (χ0n) is 14.3. The highest BCUT2D eigenvalue weighted by Gasteiger charge is 2.34. The molecule has 0 aromatic carbocycles. The monoisotopic (exact) mass is 344 g/mol. The number of aryl methyl sites for hydroxylation is 2. The minimum atomic E-state index is -0.125. The van der Waals surface area contributed by atoms with Crippen molar-refractivity contribution >= 4 is 17.2 Å². The Morgan fingerprint density at radius 2 is 2.29 bits per heavy atom. The minimum Gasteiger partial charge on any atom is -0.355 e. The van der Waals surface area contributed by atoms with Crippen LogP contribution in [0.3, 0.4) is 0 Å². The minimum absolute atomic E-state index is 0.125. The number of carbonyl (C=O) groups is 1. The summed E-state index contributed by atoms with van der Waals surface area (Å²) in [6, 6.07) is 2.16. The van der Waals surface area contributed by atoms with E-state index in [9.17, 15) is 4.79 Å². The lowest BCUT2D eigenvalue weighted by molar-refractivity contribution is -0.123. The number of aromatic nitrogens is 2. The molecule has 2 aliphatic rings. The molecule has 128 valence electrons. The van der Waals surface area contributed by atoms with Gasteiger partial charge in [-0.15, -0.1) is 11.3 Å². The molecule has 0 saturated heterocycles. The van der Waals surface area contributed by atoms with Gasteiger partial charge < -0.3 is 9.88 Å². The zero-order valence-corrected chi connectivity index (χ0v) is 15.1. The van der Waals surface area contributed by atoms with Crippen molar-refractivity contribution in [1.29, 1.82) is 0 Å². The molecule has 1 saturated carbocycles. The van der Waals surface area contributed by atoms with Crippen molar-refractivity contribution in [1.82, 2.24) is 19.8 Å². The van der Waals surface area contributed by atoms with Crippen LogP contribution in [0.1, 0.15) is 40.6 Å². The van der Waals surface area contributed by atoms with Gasteiger partial charge in [-0.1, -0.05) is 0 Å². The first-order chi connectivity index (χ1) is 11.6. The van der Waals surface area contributed by atoms with Crippen molar-refractivity contribution in [3.63, 3.8) is 0 Å². The van der Waals surface area contributed by atoms with Gasteiger partial charge in [-0.25, -0.2) is 4.98 Å². The quantitative estimate of drug-likeness (QED) is 0.906. The first-order valence-electron chi connectivity index (χ1n) is 8.65. The van der Waals surface area contributed by atoms with Crippen LogP contribution in [0.5, 0.6) is 0 Å². The maximum atomic E-state index is 12.8. The Morgan fingerprint density at radius 3 is 3.00 bits per heavy atom. The second-order valence-corrected chi connectivity index (χ2v) is 8.13. The topological polar surface area (TPSA) is 50.2 Å². The van der Waals surface area contributed by atoms with E-state index in [1.54, 1.807) is 11.3 Å². The molecule has 1 amide bonds. The van der Waals surface area contributed by atoms with Crippen molar-refractivity contribution in [2.24, 2.45) is 13.0 Å². The van der Waals surface area contributed by atoms with Crippen LogP contribution in [0.15, 0.2) is 17.8 Å². The number of thiophene rings is 1. The molecule has 1 aliphatic heterocycles. The van der Waals surface area contributed by atoms with Gasteiger partial charge in [-0.2, -0.15) is 0 Å². The lowest BCUT2D eigenvalue weighted by Gasteiger charge is -2.32. The van der Waals surface area contributed by atoms with Crippen molar-refractivity contribution in [3.05, 3.63) is 39.6 Å². The molecule has 5 nitrogen and oxygen atoms in total. The van der Waals surface area contributed by atoms with Gasteiger partial charge in [0.15, 0.2) is 0 Å². The molecule has 6 heteroatoms. The van der Waals surface area contributed by atoms with Crippen LogP contribution in [-0.2, 0) is 24.9 Å². The van der Waals surface area contributed by atoms with Crippen LogP contribution < -0.4 is 5.32 Å². The van der Waals surface area contributed by atoms with Crippen LogP contribution in [0.2, 0.25) is 0 Å². The van der Waals surface area contributed by atoms with Gasteiger partial charge in [0.1, 0.15) is 0 Å². The number of hydrogen-bond donors (Lipinski definition) is 1. The molecule has 2 aromatic heterocycles. The third kappa shape index (κ3) is 3.13. The van der Waals surface area contributed by atoms with Crippen molar-refractivity contribution in [2.75, 3.05) is 13.1 Å². The van der Waals surface area contributed by atoms with E-state index < -0.39 is 0 Å². The maximum Gasteiger partial charge on any atom is 0.230 e. The Kier molecular flexibility index (Phi) is 4.18. The fourth-order valence-electron chi connectivity index (χ4n) is 3.46. The largest absolute Gasteiger partial charge is 0.355 e. The molecule has 2 aromatic rings.